The molecule has 0 aromatic rings. The second-order valence-corrected chi connectivity index (χ2v) is 6.00. The summed E-state index contributed by atoms with van der Waals surface area (Å²) in [7, 11) is 0. The number of rotatable bonds is 1. The van der Waals surface area contributed by atoms with E-state index < -0.39 is 11.7 Å². The molecule has 0 aromatic carbocycles. The van der Waals surface area contributed by atoms with Gasteiger partial charge in [0, 0.05) is 5.75 Å². The molecule has 16 heavy (non-hydrogen) atoms. The number of nitriles is 1. The van der Waals surface area contributed by atoms with E-state index in [0.717, 1.165) is 17.9 Å². The molecule has 0 radical (unpaired) electrons. The minimum Gasteiger partial charge on any atom is -0.444 e. The van der Waals surface area contributed by atoms with E-state index in [1.54, 1.807) is 11.8 Å². The number of hydrogen-bond acceptors (Lipinski definition) is 4. The van der Waals surface area contributed by atoms with Crippen molar-refractivity contribution in [2.75, 3.05) is 11.5 Å². The van der Waals surface area contributed by atoms with Gasteiger partial charge in [0.15, 0.2) is 0 Å². The van der Waals surface area contributed by atoms with Gasteiger partial charge < -0.3 is 10.1 Å². The summed E-state index contributed by atoms with van der Waals surface area (Å²) in [6.07, 6.45) is 0.405. The third-order valence-electron chi connectivity index (χ3n) is 2.22. The van der Waals surface area contributed by atoms with Gasteiger partial charge in [0.25, 0.3) is 0 Å². The molecule has 0 bridgehead atoms. The molecule has 1 fully saturated rings. The van der Waals surface area contributed by atoms with Gasteiger partial charge >= 0.3 is 6.09 Å². The number of hydrogen-bond donors (Lipinski definition) is 1. The highest BCUT2D eigenvalue weighted by Gasteiger charge is 2.28. The van der Waals surface area contributed by atoms with Gasteiger partial charge in [-0.1, -0.05) is 0 Å². The smallest absolute Gasteiger partial charge is 0.407 e. The van der Waals surface area contributed by atoms with Gasteiger partial charge in [0.2, 0.25) is 0 Å². The van der Waals surface area contributed by atoms with E-state index in [2.05, 4.69) is 11.4 Å². The Kier molecular flexibility index (Phi) is 4.48. The van der Waals surface area contributed by atoms with Crippen molar-refractivity contribution in [2.24, 2.45) is 5.92 Å². The van der Waals surface area contributed by atoms with E-state index in [0.29, 0.717) is 0 Å². The average Bonchev–Trinajstić information content (AvgIpc) is 2.15. The number of alkyl carbamates (subject to hydrolysis) is 1. The van der Waals surface area contributed by atoms with Crippen molar-refractivity contribution in [3.63, 3.8) is 0 Å². The zero-order valence-electron chi connectivity index (χ0n) is 9.95. The lowest BCUT2D eigenvalue weighted by Crippen LogP contribution is -2.45. The predicted molar refractivity (Wildman–Crippen MR) is 64.2 cm³/mol. The van der Waals surface area contributed by atoms with Gasteiger partial charge in [0.05, 0.1) is 18.0 Å². The number of thioether (sulfide) groups is 1. The molecule has 0 spiro atoms. The number of carbonyl (C=O) groups excluding carboxylic acids is 1. The summed E-state index contributed by atoms with van der Waals surface area (Å²) in [6, 6.07) is 2.15. The molecule has 0 aliphatic carbocycles. The molecule has 1 aliphatic rings. The summed E-state index contributed by atoms with van der Waals surface area (Å²) >= 11 is 1.76. The summed E-state index contributed by atoms with van der Waals surface area (Å²) in [5.74, 6) is 1.69. The maximum atomic E-state index is 11.5. The number of nitrogens with zero attached hydrogens (tertiary/aromatic N) is 1. The van der Waals surface area contributed by atoms with Crippen LogP contribution in [0, 0.1) is 17.2 Å². The normalized spacial score (nSPS) is 25.6. The Morgan fingerprint density at radius 3 is 2.81 bits per heavy atom. The van der Waals surface area contributed by atoms with Gasteiger partial charge in [-0.25, -0.2) is 4.79 Å². The van der Waals surface area contributed by atoms with Crippen molar-refractivity contribution >= 4 is 17.9 Å². The first kappa shape index (κ1) is 13.2. The maximum Gasteiger partial charge on any atom is 0.407 e. The van der Waals surface area contributed by atoms with Crippen LogP contribution in [-0.4, -0.2) is 29.2 Å². The number of nitrogens with one attached hydrogen (secondary N) is 1. The van der Waals surface area contributed by atoms with E-state index in [9.17, 15) is 4.79 Å². The maximum absolute atomic E-state index is 11.5. The van der Waals surface area contributed by atoms with Crippen molar-refractivity contribution in [3.05, 3.63) is 0 Å². The third kappa shape index (κ3) is 4.31. The first-order valence-corrected chi connectivity index (χ1v) is 6.55. The molecule has 5 heteroatoms. The Morgan fingerprint density at radius 2 is 2.25 bits per heavy atom. The van der Waals surface area contributed by atoms with Gasteiger partial charge in [0.1, 0.15) is 5.60 Å². The van der Waals surface area contributed by atoms with Crippen LogP contribution in [0.25, 0.3) is 0 Å². The van der Waals surface area contributed by atoms with E-state index in [-0.39, 0.29) is 12.0 Å². The highest BCUT2D eigenvalue weighted by atomic mass is 32.2. The number of ether oxygens (including phenoxy) is 1. The quantitative estimate of drug-likeness (QED) is 0.765. The van der Waals surface area contributed by atoms with Crippen LogP contribution < -0.4 is 5.32 Å². The molecule has 1 amide bonds. The monoisotopic (exact) mass is 242 g/mol. The van der Waals surface area contributed by atoms with Crippen molar-refractivity contribution < 1.29 is 9.53 Å². The fourth-order valence-electron chi connectivity index (χ4n) is 1.49. The minimum absolute atomic E-state index is 0.0846. The summed E-state index contributed by atoms with van der Waals surface area (Å²) in [4.78, 5) is 11.5. The van der Waals surface area contributed by atoms with Crippen LogP contribution in [0.4, 0.5) is 4.79 Å². The van der Waals surface area contributed by atoms with Crippen LogP contribution in [0.3, 0.4) is 0 Å². The van der Waals surface area contributed by atoms with Crippen molar-refractivity contribution in [1.29, 1.82) is 5.26 Å². The van der Waals surface area contributed by atoms with Gasteiger partial charge in [-0.05, 0) is 32.9 Å². The van der Waals surface area contributed by atoms with Crippen LogP contribution in [0.15, 0.2) is 0 Å². The molecular weight excluding hydrogens is 224 g/mol. The predicted octanol–water partition coefficient (Wildman–Crippen LogP) is 2.16. The molecule has 1 saturated heterocycles. The largest absolute Gasteiger partial charge is 0.444 e. The highest BCUT2D eigenvalue weighted by Crippen LogP contribution is 2.23. The van der Waals surface area contributed by atoms with Crippen LogP contribution >= 0.6 is 11.8 Å². The zero-order valence-corrected chi connectivity index (χ0v) is 10.8. The first-order valence-electron chi connectivity index (χ1n) is 5.39. The fraction of sp³-hybridized carbons (Fsp3) is 0.818. The average molecular weight is 242 g/mol. The van der Waals surface area contributed by atoms with Crippen LogP contribution in [0.5, 0.6) is 0 Å². The second kappa shape index (κ2) is 5.44. The van der Waals surface area contributed by atoms with E-state index in [1.807, 2.05) is 20.8 Å². The molecule has 0 saturated carbocycles. The Hall–Kier alpha value is -0.890. The topological polar surface area (TPSA) is 62.1 Å². The van der Waals surface area contributed by atoms with E-state index >= 15 is 0 Å². The summed E-state index contributed by atoms with van der Waals surface area (Å²) in [5.41, 5.74) is -0.492. The molecule has 1 rings (SSSR count). The number of carbonyl (C=O) groups is 1. The lowest BCUT2D eigenvalue weighted by Gasteiger charge is -2.28. The molecule has 0 aromatic heterocycles. The molecule has 4 nitrogen and oxygen atoms in total. The zero-order chi connectivity index (χ0) is 12.2. The molecule has 2 atom stereocenters. The van der Waals surface area contributed by atoms with Crippen molar-refractivity contribution in [1.82, 2.24) is 5.32 Å². The standard InChI is InChI=1S/C11H18N2O2S/c1-11(2,3)15-10(14)13-9-7-16-5-4-8(9)6-12/h8-9H,4-5,7H2,1-3H3,(H,13,14). The third-order valence-corrected chi connectivity index (χ3v) is 3.34. The molecule has 1 N–H and O–H groups in total. The SMILES string of the molecule is CC(C)(C)OC(=O)NC1CSCCC1C#N. The lowest BCUT2D eigenvalue weighted by molar-refractivity contribution is 0.0499. The highest BCUT2D eigenvalue weighted by molar-refractivity contribution is 7.99. The Labute approximate surface area is 101 Å². The molecule has 90 valence electrons. The van der Waals surface area contributed by atoms with Gasteiger partial charge in [-0.15, -0.1) is 0 Å². The molecular formula is C11H18N2O2S. The van der Waals surface area contributed by atoms with Crippen molar-refractivity contribution in [3.8, 4) is 6.07 Å². The van der Waals surface area contributed by atoms with Crippen LogP contribution in [-0.2, 0) is 4.74 Å². The molecule has 1 heterocycles. The fourth-order valence-corrected chi connectivity index (χ4v) is 2.65. The first-order chi connectivity index (χ1) is 7.42. The lowest BCUT2D eigenvalue weighted by atomic mass is 10.00. The Bertz CT molecular complexity index is 293. The second-order valence-electron chi connectivity index (χ2n) is 4.85. The minimum atomic E-state index is -0.492. The van der Waals surface area contributed by atoms with Crippen LogP contribution in [0.2, 0.25) is 0 Å². The van der Waals surface area contributed by atoms with Crippen LogP contribution in [0.1, 0.15) is 27.2 Å². The van der Waals surface area contributed by atoms with E-state index in [4.69, 9.17) is 10.00 Å². The summed E-state index contributed by atoms with van der Waals surface area (Å²) < 4.78 is 5.16. The Balaban J connectivity index is 2.46. The van der Waals surface area contributed by atoms with Gasteiger partial charge in [-0.3, -0.25) is 0 Å². The van der Waals surface area contributed by atoms with Gasteiger partial charge in [-0.2, -0.15) is 17.0 Å². The van der Waals surface area contributed by atoms with Crippen molar-refractivity contribution in [2.45, 2.75) is 38.8 Å². The Morgan fingerprint density at radius 1 is 1.56 bits per heavy atom. The molecule has 1 aliphatic heterocycles. The summed E-state index contributed by atoms with van der Waals surface area (Å²) in [5, 5.41) is 11.7. The number of amides is 1. The summed E-state index contributed by atoms with van der Waals surface area (Å²) in [6.45, 7) is 5.47. The van der Waals surface area contributed by atoms with E-state index in [1.165, 1.54) is 0 Å². The molecule has 2 unspecified atom stereocenters.